The third-order valence-corrected chi connectivity index (χ3v) is 5.29. The van der Waals surface area contributed by atoms with E-state index in [4.69, 9.17) is 0 Å². The van der Waals surface area contributed by atoms with Crippen LogP contribution < -0.4 is 10.9 Å². The summed E-state index contributed by atoms with van der Waals surface area (Å²) in [4.78, 5) is 29.8. The molecule has 0 fully saturated rings. The Balaban J connectivity index is 1.69. The molecule has 0 unspecified atom stereocenters. The summed E-state index contributed by atoms with van der Waals surface area (Å²) < 4.78 is 41.9. The van der Waals surface area contributed by atoms with Crippen LogP contribution in [0.15, 0.2) is 76.7 Å². The molecule has 3 aromatic carbocycles. The monoisotopic (exact) mass is 441 g/mol. The fraction of sp³-hybridized carbons (Fsp3) is 0.0455. The molecule has 1 amide bonds. The topological polar surface area (TPSA) is 64.0 Å². The Hall–Kier alpha value is -3.59. The van der Waals surface area contributed by atoms with E-state index in [1.54, 1.807) is 24.3 Å². The second kappa shape index (κ2) is 8.65. The SMILES string of the molecule is O=C(CSc1nc2ccccc2c(=O)n1-c1ccc(F)cc1F)Nc1ccc(F)cc1. The number of nitrogens with zero attached hydrogens (tertiary/aromatic N) is 2. The van der Waals surface area contributed by atoms with Gasteiger partial charge in [0, 0.05) is 11.8 Å². The molecule has 0 aliphatic heterocycles. The minimum absolute atomic E-state index is 0.0727. The highest BCUT2D eigenvalue weighted by Crippen LogP contribution is 2.23. The first-order valence-electron chi connectivity index (χ1n) is 9.08. The van der Waals surface area contributed by atoms with Gasteiger partial charge in [0.05, 0.1) is 22.3 Å². The van der Waals surface area contributed by atoms with Crippen LogP contribution in [0.1, 0.15) is 0 Å². The lowest BCUT2D eigenvalue weighted by molar-refractivity contribution is -0.113. The molecule has 0 atom stereocenters. The van der Waals surface area contributed by atoms with Crippen LogP contribution in [0.3, 0.4) is 0 Å². The molecule has 1 heterocycles. The maximum Gasteiger partial charge on any atom is 0.266 e. The van der Waals surface area contributed by atoms with Crippen LogP contribution in [0, 0.1) is 17.5 Å². The smallest absolute Gasteiger partial charge is 0.266 e. The van der Waals surface area contributed by atoms with Gasteiger partial charge >= 0.3 is 0 Å². The molecule has 31 heavy (non-hydrogen) atoms. The molecule has 4 rings (SSSR count). The van der Waals surface area contributed by atoms with E-state index in [-0.39, 0.29) is 22.0 Å². The van der Waals surface area contributed by atoms with Crippen LogP contribution in [0.5, 0.6) is 0 Å². The molecule has 0 radical (unpaired) electrons. The van der Waals surface area contributed by atoms with E-state index < -0.39 is 28.9 Å². The number of anilines is 1. The van der Waals surface area contributed by atoms with Crippen molar-refractivity contribution < 1.29 is 18.0 Å². The number of thioether (sulfide) groups is 1. The average Bonchev–Trinajstić information content (AvgIpc) is 2.75. The highest BCUT2D eigenvalue weighted by Gasteiger charge is 2.17. The first-order valence-corrected chi connectivity index (χ1v) is 10.1. The Kier molecular flexibility index (Phi) is 5.77. The van der Waals surface area contributed by atoms with E-state index in [2.05, 4.69) is 10.3 Å². The molecule has 1 aromatic heterocycles. The molecule has 4 aromatic rings. The molecule has 156 valence electrons. The lowest BCUT2D eigenvalue weighted by atomic mass is 10.2. The van der Waals surface area contributed by atoms with Gasteiger partial charge in [-0.3, -0.25) is 14.2 Å². The number of aromatic nitrogens is 2. The summed E-state index contributed by atoms with van der Waals surface area (Å²) in [6.45, 7) is 0. The molecular formula is C22H14F3N3O2S. The van der Waals surface area contributed by atoms with Crippen LogP contribution in [0.4, 0.5) is 18.9 Å². The fourth-order valence-electron chi connectivity index (χ4n) is 2.94. The molecule has 5 nitrogen and oxygen atoms in total. The van der Waals surface area contributed by atoms with Gasteiger partial charge in [0.25, 0.3) is 5.56 Å². The van der Waals surface area contributed by atoms with E-state index in [1.807, 2.05) is 0 Å². The Bertz CT molecular complexity index is 1340. The Morgan fingerprint density at radius 2 is 1.68 bits per heavy atom. The van der Waals surface area contributed by atoms with Crippen LogP contribution in [-0.4, -0.2) is 21.2 Å². The minimum Gasteiger partial charge on any atom is -0.325 e. The number of amides is 1. The zero-order valence-corrected chi connectivity index (χ0v) is 16.6. The standard InChI is InChI=1S/C22H14F3N3O2S/c23-13-5-8-15(9-6-13)26-20(29)12-31-22-27-18-4-2-1-3-16(18)21(30)28(22)19-10-7-14(24)11-17(19)25/h1-11H,12H2,(H,26,29). The van der Waals surface area contributed by atoms with Crippen LogP contribution in [0.2, 0.25) is 0 Å². The van der Waals surface area contributed by atoms with Crippen molar-refractivity contribution in [3.63, 3.8) is 0 Å². The predicted molar refractivity (Wildman–Crippen MR) is 113 cm³/mol. The van der Waals surface area contributed by atoms with Crippen molar-refractivity contribution in [2.24, 2.45) is 0 Å². The number of fused-ring (bicyclic) bond motifs is 1. The normalized spacial score (nSPS) is 10.9. The molecule has 0 aliphatic rings. The summed E-state index contributed by atoms with van der Waals surface area (Å²) in [5.41, 5.74) is 0.0665. The van der Waals surface area contributed by atoms with Crippen molar-refractivity contribution in [3.05, 3.63) is 94.5 Å². The highest BCUT2D eigenvalue weighted by molar-refractivity contribution is 7.99. The van der Waals surface area contributed by atoms with Gasteiger partial charge in [-0.25, -0.2) is 18.2 Å². The van der Waals surface area contributed by atoms with Gasteiger partial charge in [-0.1, -0.05) is 23.9 Å². The van der Waals surface area contributed by atoms with Gasteiger partial charge in [0.2, 0.25) is 5.91 Å². The molecule has 0 saturated carbocycles. The van der Waals surface area contributed by atoms with E-state index in [0.29, 0.717) is 17.3 Å². The lowest BCUT2D eigenvalue weighted by Gasteiger charge is -2.14. The van der Waals surface area contributed by atoms with E-state index in [9.17, 15) is 22.8 Å². The van der Waals surface area contributed by atoms with E-state index in [1.165, 1.54) is 24.3 Å². The second-order valence-corrected chi connectivity index (χ2v) is 7.43. The molecule has 0 bridgehead atoms. The van der Waals surface area contributed by atoms with Gasteiger partial charge < -0.3 is 5.32 Å². The number of benzene rings is 3. The molecule has 0 spiro atoms. The highest BCUT2D eigenvalue weighted by atomic mass is 32.2. The maximum atomic E-state index is 14.5. The molecular weight excluding hydrogens is 427 g/mol. The summed E-state index contributed by atoms with van der Waals surface area (Å²) in [5.74, 6) is -2.72. The van der Waals surface area contributed by atoms with E-state index >= 15 is 0 Å². The number of para-hydroxylation sites is 1. The minimum atomic E-state index is -0.934. The summed E-state index contributed by atoms with van der Waals surface area (Å²) in [6.07, 6.45) is 0. The van der Waals surface area contributed by atoms with Crippen molar-refractivity contribution in [1.82, 2.24) is 9.55 Å². The predicted octanol–water partition coefficient (Wildman–Crippen LogP) is 4.53. The third kappa shape index (κ3) is 4.46. The Labute approximate surface area is 178 Å². The number of carbonyl (C=O) groups excluding carboxylic acids is 1. The quantitative estimate of drug-likeness (QED) is 0.365. The summed E-state index contributed by atoms with van der Waals surface area (Å²) in [7, 11) is 0. The van der Waals surface area contributed by atoms with Gasteiger partial charge in [0.15, 0.2) is 5.16 Å². The fourth-order valence-corrected chi connectivity index (χ4v) is 3.75. The largest absolute Gasteiger partial charge is 0.325 e. The van der Waals surface area contributed by atoms with Gasteiger partial charge in [-0.2, -0.15) is 0 Å². The zero-order chi connectivity index (χ0) is 22.0. The third-order valence-electron chi connectivity index (χ3n) is 4.36. The van der Waals surface area contributed by atoms with Crippen molar-refractivity contribution in [2.75, 3.05) is 11.1 Å². The van der Waals surface area contributed by atoms with Crippen molar-refractivity contribution in [1.29, 1.82) is 0 Å². The Morgan fingerprint density at radius 3 is 2.42 bits per heavy atom. The maximum absolute atomic E-state index is 14.5. The number of halogens is 3. The van der Waals surface area contributed by atoms with Crippen LogP contribution >= 0.6 is 11.8 Å². The molecule has 0 saturated heterocycles. The molecule has 1 N–H and O–H groups in total. The number of hydrogen-bond donors (Lipinski definition) is 1. The van der Waals surface area contributed by atoms with Crippen molar-refractivity contribution >= 4 is 34.3 Å². The van der Waals surface area contributed by atoms with Crippen molar-refractivity contribution in [3.8, 4) is 5.69 Å². The zero-order valence-electron chi connectivity index (χ0n) is 15.8. The summed E-state index contributed by atoms with van der Waals surface area (Å²) in [6, 6.07) is 14.6. The second-order valence-electron chi connectivity index (χ2n) is 6.49. The molecule has 9 heteroatoms. The number of carbonyl (C=O) groups is 1. The average molecular weight is 441 g/mol. The van der Waals surface area contributed by atoms with Gasteiger partial charge in [0.1, 0.15) is 17.5 Å². The number of nitrogens with one attached hydrogen (secondary N) is 1. The number of rotatable bonds is 5. The van der Waals surface area contributed by atoms with E-state index in [0.717, 1.165) is 28.5 Å². The lowest BCUT2D eigenvalue weighted by Crippen LogP contribution is -2.23. The first kappa shape index (κ1) is 20.7. The summed E-state index contributed by atoms with van der Waals surface area (Å²) in [5, 5.41) is 2.93. The van der Waals surface area contributed by atoms with Gasteiger partial charge in [-0.15, -0.1) is 0 Å². The van der Waals surface area contributed by atoms with Gasteiger partial charge in [-0.05, 0) is 48.5 Å². The first-order chi connectivity index (χ1) is 14.9. The number of hydrogen-bond acceptors (Lipinski definition) is 4. The van der Waals surface area contributed by atoms with Crippen molar-refractivity contribution in [2.45, 2.75) is 5.16 Å². The summed E-state index contributed by atoms with van der Waals surface area (Å²) >= 11 is 0.920. The molecule has 0 aliphatic carbocycles. The van der Waals surface area contributed by atoms with Crippen LogP contribution in [0.25, 0.3) is 16.6 Å². The Morgan fingerprint density at radius 1 is 0.968 bits per heavy atom. The van der Waals surface area contributed by atoms with Crippen LogP contribution in [-0.2, 0) is 4.79 Å².